The second kappa shape index (κ2) is 8.63. The Hall–Kier alpha value is -2.25. The standard InChI is InChI=1S/C20H27N5O2/c26-19(8-13-27-15-16-4-2-1-3-5-16)24-10-6-17(7-11-24)20-23-22-18-14-21-9-12-25(18)20/h1-5,17,21H,6-15H2. The van der Waals surface area contributed by atoms with Gasteiger partial charge in [0.05, 0.1) is 26.2 Å². The number of ether oxygens (including phenoxy) is 1. The molecule has 1 amide bonds. The van der Waals surface area contributed by atoms with E-state index < -0.39 is 0 Å². The predicted octanol–water partition coefficient (Wildman–Crippen LogP) is 1.69. The van der Waals surface area contributed by atoms with Crippen LogP contribution in [-0.2, 0) is 29.2 Å². The van der Waals surface area contributed by atoms with Crippen LogP contribution in [0.5, 0.6) is 0 Å². The summed E-state index contributed by atoms with van der Waals surface area (Å²) >= 11 is 0. The van der Waals surface area contributed by atoms with Crippen molar-refractivity contribution in [1.29, 1.82) is 0 Å². The Balaban J connectivity index is 1.21. The Morgan fingerprint density at radius 1 is 1.15 bits per heavy atom. The number of benzene rings is 1. The first-order chi connectivity index (χ1) is 13.3. The molecule has 2 aliphatic rings. The average molecular weight is 369 g/mol. The second-order valence-corrected chi connectivity index (χ2v) is 7.25. The van der Waals surface area contributed by atoms with Gasteiger partial charge in [-0.15, -0.1) is 10.2 Å². The molecule has 2 aliphatic heterocycles. The first-order valence-corrected chi connectivity index (χ1v) is 9.83. The first kappa shape index (κ1) is 18.1. The van der Waals surface area contributed by atoms with Crippen LogP contribution in [0.25, 0.3) is 0 Å². The van der Waals surface area contributed by atoms with Gasteiger partial charge in [0.25, 0.3) is 0 Å². The number of nitrogens with one attached hydrogen (secondary N) is 1. The molecule has 0 unspecified atom stereocenters. The lowest BCUT2D eigenvalue weighted by Crippen LogP contribution is -2.39. The highest BCUT2D eigenvalue weighted by atomic mass is 16.5. The zero-order valence-electron chi connectivity index (χ0n) is 15.6. The van der Waals surface area contributed by atoms with E-state index in [9.17, 15) is 4.79 Å². The Kier molecular flexibility index (Phi) is 5.79. The normalized spacial score (nSPS) is 17.7. The van der Waals surface area contributed by atoms with Crippen molar-refractivity contribution in [2.75, 3.05) is 26.2 Å². The molecule has 7 heteroatoms. The van der Waals surface area contributed by atoms with Gasteiger partial charge in [-0.2, -0.15) is 0 Å². The maximum absolute atomic E-state index is 12.4. The molecule has 0 spiro atoms. The van der Waals surface area contributed by atoms with Crippen molar-refractivity contribution < 1.29 is 9.53 Å². The topological polar surface area (TPSA) is 72.3 Å². The molecular weight excluding hydrogens is 342 g/mol. The molecule has 4 rings (SSSR count). The molecular formula is C20H27N5O2. The molecule has 1 fully saturated rings. The smallest absolute Gasteiger partial charge is 0.224 e. The monoisotopic (exact) mass is 369 g/mol. The fourth-order valence-electron chi connectivity index (χ4n) is 3.89. The van der Waals surface area contributed by atoms with E-state index in [1.54, 1.807) is 0 Å². The summed E-state index contributed by atoms with van der Waals surface area (Å²) in [7, 11) is 0. The molecule has 0 saturated carbocycles. The second-order valence-electron chi connectivity index (χ2n) is 7.25. The van der Waals surface area contributed by atoms with Gasteiger partial charge in [0.1, 0.15) is 11.6 Å². The van der Waals surface area contributed by atoms with Gasteiger partial charge in [-0.25, -0.2) is 0 Å². The fourth-order valence-corrected chi connectivity index (χ4v) is 3.89. The number of amides is 1. The third kappa shape index (κ3) is 4.36. The fraction of sp³-hybridized carbons (Fsp3) is 0.550. The lowest BCUT2D eigenvalue weighted by atomic mass is 9.95. The van der Waals surface area contributed by atoms with Gasteiger partial charge in [-0.05, 0) is 18.4 Å². The van der Waals surface area contributed by atoms with Crippen molar-refractivity contribution in [2.24, 2.45) is 0 Å². The molecule has 144 valence electrons. The van der Waals surface area contributed by atoms with Gasteiger partial charge < -0.3 is 19.5 Å². The van der Waals surface area contributed by atoms with E-state index in [2.05, 4.69) is 20.1 Å². The molecule has 0 radical (unpaired) electrons. The minimum absolute atomic E-state index is 0.189. The lowest BCUT2D eigenvalue weighted by molar-refractivity contribution is -0.133. The van der Waals surface area contributed by atoms with E-state index in [4.69, 9.17) is 4.74 Å². The van der Waals surface area contributed by atoms with Crippen LogP contribution in [-0.4, -0.2) is 51.8 Å². The van der Waals surface area contributed by atoms with Crippen LogP contribution in [0.4, 0.5) is 0 Å². The number of carbonyl (C=O) groups excluding carboxylic acids is 1. The molecule has 27 heavy (non-hydrogen) atoms. The van der Waals surface area contributed by atoms with E-state index in [1.807, 2.05) is 35.2 Å². The van der Waals surface area contributed by atoms with Crippen molar-refractivity contribution >= 4 is 5.91 Å². The van der Waals surface area contributed by atoms with Crippen molar-refractivity contribution in [3.63, 3.8) is 0 Å². The third-order valence-electron chi connectivity index (χ3n) is 5.44. The summed E-state index contributed by atoms with van der Waals surface area (Å²) in [5.41, 5.74) is 1.14. The van der Waals surface area contributed by atoms with Gasteiger partial charge in [-0.1, -0.05) is 30.3 Å². The zero-order chi connectivity index (χ0) is 18.5. The summed E-state index contributed by atoms with van der Waals surface area (Å²) in [6, 6.07) is 10.1. The van der Waals surface area contributed by atoms with E-state index in [0.717, 1.165) is 62.8 Å². The van der Waals surface area contributed by atoms with Crippen LogP contribution in [0, 0.1) is 0 Å². The Labute approximate surface area is 159 Å². The quantitative estimate of drug-likeness (QED) is 0.785. The van der Waals surface area contributed by atoms with Gasteiger partial charge in [0, 0.05) is 32.1 Å². The van der Waals surface area contributed by atoms with Gasteiger partial charge in [0.15, 0.2) is 0 Å². The Bertz CT molecular complexity index is 753. The number of hydrogen-bond acceptors (Lipinski definition) is 5. The van der Waals surface area contributed by atoms with Crippen molar-refractivity contribution in [2.45, 2.75) is 44.9 Å². The summed E-state index contributed by atoms with van der Waals surface area (Å²) in [6.07, 6.45) is 2.37. The highest BCUT2D eigenvalue weighted by molar-refractivity contribution is 5.76. The number of aromatic nitrogens is 3. The van der Waals surface area contributed by atoms with Crippen LogP contribution in [0.2, 0.25) is 0 Å². The molecule has 2 aromatic rings. The molecule has 0 atom stereocenters. The number of fused-ring (bicyclic) bond motifs is 1. The first-order valence-electron chi connectivity index (χ1n) is 9.83. The van der Waals surface area contributed by atoms with Crippen molar-refractivity contribution in [3.05, 3.63) is 47.5 Å². The molecule has 0 aliphatic carbocycles. The van der Waals surface area contributed by atoms with Gasteiger partial charge in [0.2, 0.25) is 5.91 Å². The molecule has 1 N–H and O–H groups in total. The molecule has 1 saturated heterocycles. The summed E-state index contributed by atoms with van der Waals surface area (Å²) in [6.45, 7) is 5.33. The van der Waals surface area contributed by atoms with E-state index in [1.165, 1.54) is 0 Å². The molecule has 1 aromatic carbocycles. The van der Waals surface area contributed by atoms with Gasteiger partial charge in [-0.3, -0.25) is 4.79 Å². The Morgan fingerprint density at radius 3 is 2.78 bits per heavy atom. The number of piperidine rings is 1. The SMILES string of the molecule is O=C(CCOCc1ccccc1)N1CCC(c2nnc3n2CCNC3)CC1. The van der Waals surface area contributed by atoms with E-state index >= 15 is 0 Å². The van der Waals surface area contributed by atoms with E-state index in [-0.39, 0.29) is 5.91 Å². The van der Waals surface area contributed by atoms with Crippen LogP contribution in [0.3, 0.4) is 0 Å². The summed E-state index contributed by atoms with van der Waals surface area (Å²) in [5.74, 6) is 2.73. The number of hydrogen-bond donors (Lipinski definition) is 1. The molecule has 1 aromatic heterocycles. The highest BCUT2D eigenvalue weighted by Crippen LogP contribution is 2.28. The Morgan fingerprint density at radius 2 is 1.96 bits per heavy atom. The minimum Gasteiger partial charge on any atom is -0.376 e. The molecule has 7 nitrogen and oxygen atoms in total. The largest absolute Gasteiger partial charge is 0.376 e. The summed E-state index contributed by atoms with van der Waals surface area (Å²) < 4.78 is 7.91. The van der Waals surface area contributed by atoms with Gasteiger partial charge >= 0.3 is 0 Å². The van der Waals surface area contributed by atoms with Crippen LogP contribution in [0.15, 0.2) is 30.3 Å². The minimum atomic E-state index is 0.189. The molecule has 0 bridgehead atoms. The maximum atomic E-state index is 12.4. The van der Waals surface area contributed by atoms with Crippen LogP contribution < -0.4 is 5.32 Å². The van der Waals surface area contributed by atoms with Crippen molar-refractivity contribution in [3.8, 4) is 0 Å². The summed E-state index contributed by atoms with van der Waals surface area (Å²) in [4.78, 5) is 14.4. The average Bonchev–Trinajstić information content (AvgIpc) is 3.16. The summed E-state index contributed by atoms with van der Waals surface area (Å²) in [5, 5.41) is 12.1. The zero-order valence-corrected chi connectivity index (χ0v) is 15.6. The third-order valence-corrected chi connectivity index (χ3v) is 5.44. The maximum Gasteiger partial charge on any atom is 0.224 e. The lowest BCUT2D eigenvalue weighted by Gasteiger charge is -2.32. The van der Waals surface area contributed by atoms with Crippen LogP contribution in [0.1, 0.15) is 42.4 Å². The number of carbonyl (C=O) groups is 1. The highest BCUT2D eigenvalue weighted by Gasteiger charge is 2.28. The molecule has 3 heterocycles. The predicted molar refractivity (Wildman–Crippen MR) is 101 cm³/mol. The number of likely N-dealkylation sites (tertiary alicyclic amines) is 1. The van der Waals surface area contributed by atoms with E-state index in [0.29, 0.717) is 25.6 Å². The number of rotatable bonds is 6. The van der Waals surface area contributed by atoms with Crippen LogP contribution >= 0.6 is 0 Å². The van der Waals surface area contributed by atoms with Crippen molar-refractivity contribution in [1.82, 2.24) is 25.0 Å². The number of nitrogens with zero attached hydrogens (tertiary/aromatic N) is 4.